The topological polar surface area (TPSA) is 35.5 Å². The maximum absolute atomic E-state index is 10.1. The number of aryl methyl sites for hydroxylation is 1. The van der Waals surface area contributed by atoms with E-state index in [1.165, 1.54) is 32.1 Å². The van der Waals surface area contributed by atoms with Crippen LogP contribution in [0.15, 0.2) is 18.2 Å². The largest absolute Gasteiger partial charge is 0.508 e. The van der Waals surface area contributed by atoms with E-state index in [1.807, 2.05) is 13.0 Å². The van der Waals surface area contributed by atoms with Gasteiger partial charge in [0.15, 0.2) is 0 Å². The Morgan fingerprint density at radius 1 is 1.24 bits per heavy atom. The predicted octanol–water partition coefficient (Wildman–Crippen LogP) is 3.37. The van der Waals surface area contributed by atoms with E-state index >= 15 is 0 Å². The fraction of sp³-hybridized carbons (Fsp3) is 0.667. The standard InChI is InChI=1S/C18H28N2O/c1-12-7-8-17(18(21)9-12)13(2)19-14-10-15-5-4-6-16(11-14)20(15)3/h7-9,13-16,19,21H,4-6,10-11H2,1-3H3. The van der Waals surface area contributed by atoms with Crippen molar-refractivity contribution in [1.82, 2.24) is 10.2 Å². The SMILES string of the molecule is Cc1ccc(C(C)NC2CC3CCCC(C2)N3C)c(O)c1. The van der Waals surface area contributed by atoms with Gasteiger partial charge in [0.05, 0.1) is 0 Å². The van der Waals surface area contributed by atoms with Crippen molar-refractivity contribution in [3.05, 3.63) is 29.3 Å². The number of hydrogen-bond acceptors (Lipinski definition) is 3. The first-order chi connectivity index (χ1) is 10.0. The zero-order chi connectivity index (χ0) is 15.0. The highest BCUT2D eigenvalue weighted by Gasteiger charge is 2.36. The van der Waals surface area contributed by atoms with E-state index in [4.69, 9.17) is 0 Å². The number of phenols is 1. The van der Waals surface area contributed by atoms with Crippen molar-refractivity contribution in [2.75, 3.05) is 7.05 Å². The van der Waals surface area contributed by atoms with Crippen molar-refractivity contribution in [3.63, 3.8) is 0 Å². The van der Waals surface area contributed by atoms with E-state index in [0.717, 1.165) is 23.2 Å². The molecule has 2 saturated heterocycles. The number of nitrogens with one attached hydrogen (secondary N) is 1. The fourth-order valence-corrected chi connectivity index (χ4v) is 4.22. The number of piperidine rings is 2. The normalized spacial score (nSPS) is 31.1. The van der Waals surface area contributed by atoms with Crippen LogP contribution < -0.4 is 5.32 Å². The van der Waals surface area contributed by atoms with Crippen LogP contribution in [0.5, 0.6) is 5.75 Å². The molecule has 116 valence electrons. The summed E-state index contributed by atoms with van der Waals surface area (Å²) < 4.78 is 0. The van der Waals surface area contributed by atoms with Gasteiger partial charge in [-0.05, 0) is 58.2 Å². The first-order valence-electron chi connectivity index (χ1n) is 8.32. The molecule has 3 atom stereocenters. The number of benzene rings is 1. The van der Waals surface area contributed by atoms with Crippen molar-refractivity contribution < 1.29 is 5.11 Å². The zero-order valence-electron chi connectivity index (χ0n) is 13.5. The summed E-state index contributed by atoms with van der Waals surface area (Å²) in [5, 5.41) is 13.9. The molecule has 2 bridgehead atoms. The molecule has 0 saturated carbocycles. The molecule has 0 spiro atoms. The molecular weight excluding hydrogens is 260 g/mol. The Balaban J connectivity index is 1.66. The van der Waals surface area contributed by atoms with E-state index in [1.54, 1.807) is 0 Å². The third-order valence-electron chi connectivity index (χ3n) is 5.48. The van der Waals surface area contributed by atoms with Crippen LogP contribution in [-0.4, -0.2) is 35.2 Å². The molecule has 1 aromatic carbocycles. The Kier molecular flexibility index (Phi) is 4.23. The highest BCUT2D eigenvalue weighted by atomic mass is 16.3. The Labute approximate surface area is 128 Å². The summed E-state index contributed by atoms with van der Waals surface area (Å²) in [5.41, 5.74) is 2.13. The van der Waals surface area contributed by atoms with Gasteiger partial charge in [-0.25, -0.2) is 0 Å². The molecule has 2 aliphatic rings. The smallest absolute Gasteiger partial charge is 0.120 e. The molecule has 2 aliphatic heterocycles. The maximum Gasteiger partial charge on any atom is 0.120 e. The van der Waals surface area contributed by atoms with Crippen molar-refractivity contribution in [1.29, 1.82) is 0 Å². The van der Waals surface area contributed by atoms with E-state index in [0.29, 0.717) is 11.8 Å². The van der Waals surface area contributed by atoms with Crippen LogP contribution in [0.4, 0.5) is 0 Å². The minimum Gasteiger partial charge on any atom is -0.508 e. The zero-order valence-corrected chi connectivity index (χ0v) is 13.5. The minimum atomic E-state index is 0.208. The summed E-state index contributed by atoms with van der Waals surface area (Å²) in [5.74, 6) is 0.420. The molecule has 0 radical (unpaired) electrons. The quantitative estimate of drug-likeness (QED) is 0.895. The van der Waals surface area contributed by atoms with E-state index < -0.39 is 0 Å². The lowest BCUT2D eigenvalue weighted by atomic mass is 9.82. The first kappa shape index (κ1) is 14.9. The summed E-state index contributed by atoms with van der Waals surface area (Å²) in [4.78, 5) is 2.59. The summed E-state index contributed by atoms with van der Waals surface area (Å²) in [6, 6.07) is 8.26. The number of nitrogens with zero attached hydrogens (tertiary/aromatic N) is 1. The van der Waals surface area contributed by atoms with E-state index in [9.17, 15) is 5.11 Å². The van der Waals surface area contributed by atoms with Crippen LogP contribution >= 0.6 is 0 Å². The Morgan fingerprint density at radius 2 is 1.90 bits per heavy atom. The molecule has 0 aromatic heterocycles. The highest BCUT2D eigenvalue weighted by molar-refractivity contribution is 5.37. The van der Waals surface area contributed by atoms with Crippen molar-refractivity contribution in [3.8, 4) is 5.75 Å². The van der Waals surface area contributed by atoms with Crippen molar-refractivity contribution in [2.24, 2.45) is 0 Å². The number of rotatable bonds is 3. The van der Waals surface area contributed by atoms with Crippen LogP contribution in [-0.2, 0) is 0 Å². The Bertz CT molecular complexity index is 488. The van der Waals surface area contributed by atoms with Gasteiger partial charge < -0.3 is 15.3 Å². The molecule has 2 fully saturated rings. The van der Waals surface area contributed by atoms with Gasteiger partial charge in [0, 0.05) is 29.7 Å². The van der Waals surface area contributed by atoms with Gasteiger partial charge >= 0.3 is 0 Å². The second-order valence-corrected chi connectivity index (χ2v) is 7.02. The van der Waals surface area contributed by atoms with Gasteiger partial charge in [0.25, 0.3) is 0 Å². The van der Waals surface area contributed by atoms with Gasteiger partial charge in [-0.15, -0.1) is 0 Å². The molecule has 1 aromatic rings. The predicted molar refractivity (Wildman–Crippen MR) is 86.6 cm³/mol. The Hall–Kier alpha value is -1.06. The highest BCUT2D eigenvalue weighted by Crippen LogP contribution is 2.34. The fourth-order valence-electron chi connectivity index (χ4n) is 4.22. The third kappa shape index (κ3) is 3.09. The monoisotopic (exact) mass is 288 g/mol. The lowest BCUT2D eigenvalue weighted by Gasteiger charge is -2.47. The summed E-state index contributed by atoms with van der Waals surface area (Å²) in [6.07, 6.45) is 6.55. The summed E-state index contributed by atoms with van der Waals surface area (Å²) in [7, 11) is 2.29. The van der Waals surface area contributed by atoms with Gasteiger partial charge in [-0.2, -0.15) is 0 Å². The van der Waals surface area contributed by atoms with Crippen LogP contribution in [0, 0.1) is 6.92 Å². The summed E-state index contributed by atoms with van der Waals surface area (Å²) >= 11 is 0. The molecule has 3 heteroatoms. The van der Waals surface area contributed by atoms with Crippen LogP contribution in [0.1, 0.15) is 56.2 Å². The second kappa shape index (κ2) is 5.98. The van der Waals surface area contributed by atoms with E-state index in [2.05, 4.69) is 36.3 Å². The lowest BCUT2D eigenvalue weighted by molar-refractivity contribution is 0.0462. The molecule has 3 unspecified atom stereocenters. The van der Waals surface area contributed by atoms with Crippen molar-refractivity contribution in [2.45, 2.75) is 70.1 Å². The number of hydrogen-bond donors (Lipinski definition) is 2. The molecule has 3 rings (SSSR count). The number of phenolic OH excluding ortho intramolecular Hbond substituents is 1. The van der Waals surface area contributed by atoms with Crippen molar-refractivity contribution >= 4 is 0 Å². The molecule has 21 heavy (non-hydrogen) atoms. The van der Waals surface area contributed by atoms with Gasteiger partial charge in [0.2, 0.25) is 0 Å². The van der Waals surface area contributed by atoms with Gasteiger partial charge in [0.1, 0.15) is 5.75 Å². The minimum absolute atomic E-state index is 0.208. The first-order valence-corrected chi connectivity index (χ1v) is 8.32. The second-order valence-electron chi connectivity index (χ2n) is 7.02. The molecular formula is C18H28N2O. The number of aromatic hydroxyl groups is 1. The average molecular weight is 288 g/mol. The molecule has 2 heterocycles. The molecule has 0 aliphatic carbocycles. The number of fused-ring (bicyclic) bond motifs is 2. The molecule has 2 N–H and O–H groups in total. The van der Waals surface area contributed by atoms with E-state index in [-0.39, 0.29) is 6.04 Å². The Morgan fingerprint density at radius 3 is 2.52 bits per heavy atom. The third-order valence-corrected chi connectivity index (χ3v) is 5.48. The molecule has 3 nitrogen and oxygen atoms in total. The average Bonchev–Trinajstić information content (AvgIpc) is 2.39. The van der Waals surface area contributed by atoms with Crippen LogP contribution in [0.3, 0.4) is 0 Å². The van der Waals surface area contributed by atoms with Gasteiger partial charge in [-0.3, -0.25) is 0 Å². The maximum atomic E-state index is 10.1. The van der Waals surface area contributed by atoms with Gasteiger partial charge in [-0.1, -0.05) is 18.6 Å². The summed E-state index contributed by atoms with van der Waals surface area (Å²) in [6.45, 7) is 4.18. The molecule has 0 amide bonds. The lowest BCUT2D eigenvalue weighted by Crippen LogP contribution is -2.54. The van der Waals surface area contributed by atoms with Crippen LogP contribution in [0.2, 0.25) is 0 Å². The van der Waals surface area contributed by atoms with Crippen LogP contribution in [0.25, 0.3) is 0 Å².